The van der Waals surface area contributed by atoms with Crippen LogP contribution in [0.1, 0.15) is 44.1 Å². The fraction of sp³-hybridized carbons (Fsp3) is 0.643. The number of rotatable bonds is 5. The Hall–Kier alpha value is -0.410. The predicted molar refractivity (Wildman–Crippen MR) is 72.8 cm³/mol. The van der Waals surface area contributed by atoms with Gasteiger partial charge in [-0.05, 0) is 52.7 Å². The molecule has 1 N–H and O–H groups in total. The molecule has 2 nitrogen and oxygen atoms in total. The lowest BCUT2D eigenvalue weighted by molar-refractivity contribution is 0.154. The second-order valence-electron chi connectivity index (χ2n) is 5.10. The summed E-state index contributed by atoms with van der Waals surface area (Å²) < 4.78 is 0.984. The summed E-state index contributed by atoms with van der Waals surface area (Å²) in [6, 6.07) is 2.03. The maximum absolute atomic E-state index is 10.0. The molecule has 0 amide bonds. The van der Waals surface area contributed by atoms with E-state index in [0.717, 1.165) is 28.8 Å². The first-order valence-corrected chi connectivity index (χ1v) is 7.31. The van der Waals surface area contributed by atoms with Gasteiger partial charge in [0.15, 0.2) is 0 Å². The van der Waals surface area contributed by atoms with Crippen molar-refractivity contribution >= 4 is 15.9 Å². The third kappa shape index (κ3) is 4.40. The largest absolute Gasteiger partial charge is 0.393 e. The molecule has 3 heteroatoms. The summed E-state index contributed by atoms with van der Waals surface area (Å²) in [7, 11) is 0. The summed E-state index contributed by atoms with van der Waals surface area (Å²) in [4.78, 5) is 4.12. The Kier molecular flexibility index (Phi) is 4.99. The topological polar surface area (TPSA) is 33.1 Å². The zero-order valence-electron chi connectivity index (χ0n) is 10.1. The van der Waals surface area contributed by atoms with Crippen LogP contribution in [0.4, 0.5) is 0 Å². The van der Waals surface area contributed by atoms with E-state index in [9.17, 15) is 5.11 Å². The van der Waals surface area contributed by atoms with Crippen molar-refractivity contribution in [2.24, 2.45) is 5.92 Å². The van der Waals surface area contributed by atoms with Crippen molar-refractivity contribution < 1.29 is 5.11 Å². The van der Waals surface area contributed by atoms with Gasteiger partial charge in [0.05, 0.1) is 6.10 Å². The minimum atomic E-state index is -0.216. The van der Waals surface area contributed by atoms with Crippen molar-refractivity contribution in [3.05, 3.63) is 28.5 Å². The molecule has 0 radical (unpaired) electrons. The first kappa shape index (κ1) is 13.0. The quantitative estimate of drug-likeness (QED) is 0.898. The van der Waals surface area contributed by atoms with Gasteiger partial charge in [-0.1, -0.05) is 25.7 Å². The van der Waals surface area contributed by atoms with Gasteiger partial charge in [-0.3, -0.25) is 4.98 Å². The monoisotopic (exact) mass is 297 g/mol. The molecule has 0 aromatic carbocycles. The molecule has 1 aliphatic rings. The van der Waals surface area contributed by atoms with E-state index in [1.807, 2.05) is 12.3 Å². The fourth-order valence-electron chi connectivity index (χ4n) is 2.67. The summed E-state index contributed by atoms with van der Waals surface area (Å²) in [6.07, 6.45) is 11.7. The Morgan fingerprint density at radius 2 is 2.12 bits per heavy atom. The number of aliphatic hydroxyl groups excluding tert-OH is 1. The van der Waals surface area contributed by atoms with Gasteiger partial charge in [0, 0.05) is 16.9 Å². The molecule has 17 heavy (non-hydrogen) atoms. The molecule has 0 saturated heterocycles. The van der Waals surface area contributed by atoms with Crippen molar-refractivity contribution in [2.45, 2.75) is 51.0 Å². The van der Waals surface area contributed by atoms with Crippen LogP contribution in [-0.2, 0) is 6.42 Å². The van der Waals surface area contributed by atoms with E-state index in [0.29, 0.717) is 0 Å². The first-order chi connectivity index (χ1) is 8.24. The van der Waals surface area contributed by atoms with Crippen molar-refractivity contribution in [2.75, 3.05) is 0 Å². The van der Waals surface area contributed by atoms with Crippen LogP contribution < -0.4 is 0 Å². The fourth-order valence-corrected chi connectivity index (χ4v) is 3.08. The van der Waals surface area contributed by atoms with Crippen molar-refractivity contribution in [3.63, 3.8) is 0 Å². The number of aromatic nitrogens is 1. The molecule has 1 heterocycles. The van der Waals surface area contributed by atoms with E-state index in [2.05, 4.69) is 20.9 Å². The zero-order chi connectivity index (χ0) is 12.1. The van der Waals surface area contributed by atoms with E-state index in [4.69, 9.17) is 0 Å². The third-order valence-corrected chi connectivity index (χ3v) is 4.05. The zero-order valence-corrected chi connectivity index (χ0v) is 11.7. The summed E-state index contributed by atoms with van der Waals surface area (Å²) in [5, 5.41) is 10.0. The molecule has 1 saturated carbocycles. The second kappa shape index (κ2) is 6.50. The van der Waals surface area contributed by atoms with Crippen LogP contribution >= 0.6 is 15.9 Å². The number of pyridine rings is 1. The standard InChI is InChI=1S/C14H20BrNO/c15-13-7-12(9-16-10-13)8-14(17)6-5-11-3-1-2-4-11/h7,9-11,14,17H,1-6,8H2. The van der Waals surface area contributed by atoms with E-state index in [1.54, 1.807) is 6.20 Å². The Balaban J connectivity index is 1.74. The second-order valence-corrected chi connectivity index (χ2v) is 6.01. The maximum Gasteiger partial charge on any atom is 0.0581 e. The molecule has 1 aliphatic carbocycles. The van der Waals surface area contributed by atoms with E-state index < -0.39 is 0 Å². The van der Waals surface area contributed by atoms with Crippen LogP contribution in [0.2, 0.25) is 0 Å². The Labute approximate surface area is 112 Å². The maximum atomic E-state index is 10.0. The molecular weight excluding hydrogens is 278 g/mol. The first-order valence-electron chi connectivity index (χ1n) is 6.51. The Morgan fingerprint density at radius 1 is 1.35 bits per heavy atom. The van der Waals surface area contributed by atoms with Crippen LogP contribution in [0.3, 0.4) is 0 Å². The average molecular weight is 298 g/mol. The van der Waals surface area contributed by atoms with Crippen LogP contribution in [0, 0.1) is 5.92 Å². The molecule has 1 atom stereocenters. The Morgan fingerprint density at radius 3 is 2.82 bits per heavy atom. The molecular formula is C14H20BrNO. The lowest BCUT2D eigenvalue weighted by Crippen LogP contribution is -2.12. The molecule has 94 valence electrons. The van der Waals surface area contributed by atoms with Crippen LogP contribution in [0.25, 0.3) is 0 Å². The Bertz CT molecular complexity index is 350. The van der Waals surface area contributed by atoms with Gasteiger partial charge in [0.25, 0.3) is 0 Å². The predicted octanol–water partition coefficient (Wildman–Crippen LogP) is 3.72. The van der Waals surface area contributed by atoms with Gasteiger partial charge in [-0.2, -0.15) is 0 Å². The highest BCUT2D eigenvalue weighted by molar-refractivity contribution is 9.10. The summed E-state index contributed by atoms with van der Waals surface area (Å²) in [5.74, 6) is 0.866. The number of nitrogens with zero attached hydrogens (tertiary/aromatic N) is 1. The minimum absolute atomic E-state index is 0.216. The summed E-state index contributed by atoms with van der Waals surface area (Å²) >= 11 is 3.40. The van der Waals surface area contributed by atoms with Gasteiger partial charge in [0.1, 0.15) is 0 Å². The number of hydrogen-bond donors (Lipinski definition) is 1. The summed E-state index contributed by atoms with van der Waals surface area (Å²) in [6.45, 7) is 0. The molecule has 1 unspecified atom stereocenters. The highest BCUT2D eigenvalue weighted by Gasteiger charge is 2.16. The van der Waals surface area contributed by atoms with E-state index >= 15 is 0 Å². The lowest BCUT2D eigenvalue weighted by atomic mass is 9.97. The number of aliphatic hydroxyl groups is 1. The number of hydrogen-bond acceptors (Lipinski definition) is 2. The van der Waals surface area contributed by atoms with E-state index in [-0.39, 0.29) is 6.10 Å². The molecule has 0 spiro atoms. The average Bonchev–Trinajstić information content (AvgIpc) is 2.79. The van der Waals surface area contributed by atoms with Gasteiger partial charge in [-0.25, -0.2) is 0 Å². The van der Waals surface area contributed by atoms with Crippen molar-refractivity contribution in [3.8, 4) is 0 Å². The van der Waals surface area contributed by atoms with Crippen molar-refractivity contribution in [1.29, 1.82) is 0 Å². The smallest absolute Gasteiger partial charge is 0.0581 e. The summed E-state index contributed by atoms with van der Waals surface area (Å²) in [5.41, 5.74) is 1.11. The number of halogens is 1. The molecule has 2 rings (SSSR count). The van der Waals surface area contributed by atoms with Gasteiger partial charge < -0.3 is 5.11 Å². The van der Waals surface area contributed by atoms with E-state index in [1.165, 1.54) is 32.1 Å². The molecule has 1 aromatic heterocycles. The van der Waals surface area contributed by atoms with Gasteiger partial charge in [-0.15, -0.1) is 0 Å². The molecule has 1 fully saturated rings. The van der Waals surface area contributed by atoms with Crippen LogP contribution in [0.15, 0.2) is 22.9 Å². The molecule has 0 bridgehead atoms. The molecule has 0 aliphatic heterocycles. The third-order valence-electron chi connectivity index (χ3n) is 3.62. The minimum Gasteiger partial charge on any atom is -0.393 e. The van der Waals surface area contributed by atoms with Crippen LogP contribution in [-0.4, -0.2) is 16.2 Å². The van der Waals surface area contributed by atoms with Gasteiger partial charge >= 0.3 is 0 Å². The SMILES string of the molecule is OC(CCC1CCCC1)Cc1cncc(Br)c1. The lowest BCUT2D eigenvalue weighted by Gasteiger charge is -2.13. The highest BCUT2D eigenvalue weighted by Crippen LogP contribution is 2.29. The van der Waals surface area contributed by atoms with Crippen LogP contribution in [0.5, 0.6) is 0 Å². The highest BCUT2D eigenvalue weighted by atomic mass is 79.9. The molecule has 1 aromatic rings. The van der Waals surface area contributed by atoms with Gasteiger partial charge in [0.2, 0.25) is 0 Å². The normalized spacial score (nSPS) is 18.5. The van der Waals surface area contributed by atoms with Crippen molar-refractivity contribution in [1.82, 2.24) is 4.98 Å².